The molecule has 1 saturated heterocycles. The van der Waals surface area contributed by atoms with E-state index in [0.29, 0.717) is 5.69 Å². The summed E-state index contributed by atoms with van der Waals surface area (Å²) in [5.74, 6) is 2.82. The molecular weight excluding hydrogens is 412 g/mol. The molecule has 2 aromatic heterocycles. The number of aromatic amines is 1. The Morgan fingerprint density at radius 2 is 1.79 bits per heavy atom. The lowest BCUT2D eigenvalue weighted by Crippen LogP contribution is -2.37. The van der Waals surface area contributed by atoms with Gasteiger partial charge in [-0.1, -0.05) is 19.3 Å². The van der Waals surface area contributed by atoms with E-state index in [9.17, 15) is 4.79 Å². The molecule has 2 aliphatic heterocycles. The van der Waals surface area contributed by atoms with Crippen molar-refractivity contribution < 1.29 is 4.79 Å². The van der Waals surface area contributed by atoms with E-state index in [-0.39, 0.29) is 11.9 Å². The van der Waals surface area contributed by atoms with Crippen molar-refractivity contribution in [2.75, 3.05) is 24.5 Å². The lowest BCUT2D eigenvalue weighted by atomic mass is 9.88. The zero-order valence-electron chi connectivity index (χ0n) is 19.9. The zero-order chi connectivity index (χ0) is 22.4. The molecule has 1 N–H and O–H groups in total. The molecule has 2 fully saturated rings. The van der Waals surface area contributed by atoms with Crippen molar-refractivity contribution in [1.82, 2.24) is 25.1 Å². The number of anilines is 1. The van der Waals surface area contributed by atoms with Gasteiger partial charge in [-0.15, -0.1) is 0 Å². The molecule has 6 rings (SSSR count). The molecule has 7 heteroatoms. The van der Waals surface area contributed by atoms with Gasteiger partial charge in [0.05, 0.1) is 6.04 Å². The highest BCUT2D eigenvalue weighted by molar-refractivity contribution is 5.94. The molecule has 2 aromatic rings. The molecule has 176 valence electrons. The number of amides is 1. The third-order valence-electron chi connectivity index (χ3n) is 8.39. The Balaban J connectivity index is 1.28. The van der Waals surface area contributed by atoms with Crippen molar-refractivity contribution in [3.63, 3.8) is 0 Å². The van der Waals surface area contributed by atoms with E-state index in [4.69, 9.17) is 9.97 Å². The molecule has 0 spiro atoms. The van der Waals surface area contributed by atoms with Crippen molar-refractivity contribution in [3.05, 3.63) is 34.0 Å². The Bertz CT molecular complexity index is 1040. The third-order valence-corrected chi connectivity index (χ3v) is 8.39. The summed E-state index contributed by atoms with van der Waals surface area (Å²) in [4.78, 5) is 28.2. The molecule has 1 atom stereocenters. The summed E-state index contributed by atoms with van der Waals surface area (Å²) in [5.41, 5.74) is 5.33. The molecule has 7 nitrogen and oxygen atoms in total. The second-order valence-electron chi connectivity index (χ2n) is 10.6. The summed E-state index contributed by atoms with van der Waals surface area (Å²) in [6, 6.07) is -0.0475. The number of aromatic nitrogens is 4. The molecule has 2 aliphatic carbocycles. The van der Waals surface area contributed by atoms with E-state index in [1.807, 2.05) is 4.90 Å². The van der Waals surface area contributed by atoms with Crippen LogP contribution in [0, 0.1) is 12.8 Å². The molecule has 33 heavy (non-hydrogen) atoms. The third kappa shape index (κ3) is 3.83. The Morgan fingerprint density at radius 1 is 0.939 bits per heavy atom. The van der Waals surface area contributed by atoms with E-state index >= 15 is 0 Å². The van der Waals surface area contributed by atoms with Gasteiger partial charge in [-0.3, -0.25) is 9.89 Å². The molecule has 0 unspecified atom stereocenters. The quantitative estimate of drug-likeness (QED) is 0.754. The number of rotatable bonds is 4. The van der Waals surface area contributed by atoms with Crippen LogP contribution in [0.15, 0.2) is 0 Å². The van der Waals surface area contributed by atoms with Gasteiger partial charge in [0, 0.05) is 42.1 Å². The first-order chi connectivity index (χ1) is 16.2. The van der Waals surface area contributed by atoms with Crippen LogP contribution in [0.4, 0.5) is 5.82 Å². The molecular formula is C26H36N6O. The minimum atomic E-state index is -0.0475. The van der Waals surface area contributed by atoms with Crippen LogP contribution in [0.5, 0.6) is 0 Å². The van der Waals surface area contributed by atoms with Gasteiger partial charge in [0.15, 0.2) is 11.5 Å². The van der Waals surface area contributed by atoms with E-state index in [2.05, 4.69) is 22.0 Å². The number of H-pyrrole nitrogens is 1. The summed E-state index contributed by atoms with van der Waals surface area (Å²) in [6.07, 6.45) is 14.1. The second-order valence-corrected chi connectivity index (χ2v) is 10.6. The molecule has 0 aromatic carbocycles. The summed E-state index contributed by atoms with van der Waals surface area (Å²) in [7, 11) is 0. The molecule has 4 heterocycles. The SMILES string of the molecule is Cc1nc([C@H]2CCCN2C(=O)c2n[nH]c3c2CCC3)nc2c1CCCN2CC1CCCCC1. The van der Waals surface area contributed by atoms with Crippen LogP contribution in [-0.2, 0) is 19.3 Å². The number of aryl methyl sites for hydroxylation is 2. The minimum absolute atomic E-state index is 0.0475. The highest BCUT2D eigenvalue weighted by Gasteiger charge is 2.37. The normalized spacial score (nSPS) is 23.1. The second kappa shape index (κ2) is 8.73. The van der Waals surface area contributed by atoms with Gasteiger partial charge in [0.1, 0.15) is 5.82 Å². The summed E-state index contributed by atoms with van der Waals surface area (Å²) >= 11 is 0. The Morgan fingerprint density at radius 3 is 2.67 bits per heavy atom. The van der Waals surface area contributed by atoms with Crippen molar-refractivity contribution in [2.24, 2.45) is 5.92 Å². The van der Waals surface area contributed by atoms with Crippen molar-refractivity contribution >= 4 is 11.7 Å². The molecule has 1 saturated carbocycles. The van der Waals surface area contributed by atoms with Gasteiger partial charge in [-0.05, 0) is 70.6 Å². The number of likely N-dealkylation sites (tertiary alicyclic amines) is 1. The Kier molecular flexibility index (Phi) is 5.59. The predicted molar refractivity (Wildman–Crippen MR) is 128 cm³/mol. The molecule has 4 aliphatic rings. The number of nitrogens with one attached hydrogen (secondary N) is 1. The average Bonchev–Trinajstić information content (AvgIpc) is 3.57. The van der Waals surface area contributed by atoms with E-state index in [1.54, 1.807) is 0 Å². The van der Waals surface area contributed by atoms with Crippen LogP contribution in [0.1, 0.15) is 103 Å². The first-order valence-electron chi connectivity index (χ1n) is 13.2. The fourth-order valence-electron chi connectivity index (χ4n) is 6.63. The number of hydrogen-bond donors (Lipinski definition) is 1. The van der Waals surface area contributed by atoms with Crippen LogP contribution in [0.2, 0.25) is 0 Å². The van der Waals surface area contributed by atoms with Gasteiger partial charge < -0.3 is 9.80 Å². The highest BCUT2D eigenvalue weighted by Crippen LogP contribution is 2.37. The van der Waals surface area contributed by atoms with E-state index in [1.165, 1.54) is 44.1 Å². The maximum atomic E-state index is 13.5. The standard InChI is InChI=1S/C26H36N6O/c1-17-19-11-6-14-31(16-18-8-3-2-4-9-18)25(19)28-24(27-17)22-13-7-15-32(22)26(33)23-20-10-5-12-21(20)29-30-23/h18,22H,2-16H2,1H3,(H,29,30)/t22-/m1/s1. The van der Waals surface area contributed by atoms with Gasteiger partial charge in [0.25, 0.3) is 5.91 Å². The highest BCUT2D eigenvalue weighted by atomic mass is 16.2. The monoisotopic (exact) mass is 448 g/mol. The topological polar surface area (TPSA) is 78.0 Å². The molecule has 1 amide bonds. The van der Waals surface area contributed by atoms with Crippen LogP contribution in [0.25, 0.3) is 0 Å². The maximum absolute atomic E-state index is 13.5. The fourth-order valence-corrected chi connectivity index (χ4v) is 6.63. The molecule has 0 bridgehead atoms. The summed E-state index contributed by atoms with van der Waals surface area (Å²) in [6.45, 7) is 5.11. The zero-order valence-corrected chi connectivity index (χ0v) is 19.9. The lowest BCUT2D eigenvalue weighted by molar-refractivity contribution is 0.0722. The smallest absolute Gasteiger partial charge is 0.275 e. The average molecular weight is 449 g/mol. The van der Waals surface area contributed by atoms with Gasteiger partial charge in [-0.2, -0.15) is 5.10 Å². The van der Waals surface area contributed by atoms with Crippen molar-refractivity contribution in [3.8, 4) is 0 Å². The Hall–Kier alpha value is -2.44. The van der Waals surface area contributed by atoms with Gasteiger partial charge >= 0.3 is 0 Å². The maximum Gasteiger partial charge on any atom is 0.275 e. The van der Waals surface area contributed by atoms with E-state index < -0.39 is 0 Å². The van der Waals surface area contributed by atoms with Gasteiger partial charge in [0.2, 0.25) is 0 Å². The number of fused-ring (bicyclic) bond motifs is 2. The van der Waals surface area contributed by atoms with Crippen LogP contribution >= 0.6 is 0 Å². The van der Waals surface area contributed by atoms with Crippen LogP contribution in [0.3, 0.4) is 0 Å². The van der Waals surface area contributed by atoms with Crippen molar-refractivity contribution in [1.29, 1.82) is 0 Å². The number of carbonyl (C=O) groups excluding carboxylic acids is 1. The van der Waals surface area contributed by atoms with Crippen LogP contribution < -0.4 is 4.90 Å². The Labute approximate surface area is 196 Å². The number of nitrogens with zero attached hydrogens (tertiary/aromatic N) is 5. The lowest BCUT2D eigenvalue weighted by Gasteiger charge is -2.35. The molecule has 0 radical (unpaired) electrons. The minimum Gasteiger partial charge on any atom is -0.356 e. The van der Waals surface area contributed by atoms with Gasteiger partial charge in [-0.25, -0.2) is 9.97 Å². The van der Waals surface area contributed by atoms with E-state index in [0.717, 1.165) is 92.7 Å². The summed E-state index contributed by atoms with van der Waals surface area (Å²) < 4.78 is 0. The fraction of sp³-hybridized carbons (Fsp3) is 0.692. The number of carbonyl (C=O) groups is 1. The largest absolute Gasteiger partial charge is 0.356 e. The first kappa shape index (κ1) is 21.1. The van der Waals surface area contributed by atoms with Crippen LogP contribution in [-0.4, -0.2) is 50.6 Å². The van der Waals surface area contributed by atoms with Crippen molar-refractivity contribution in [2.45, 2.75) is 90.0 Å². The predicted octanol–water partition coefficient (Wildman–Crippen LogP) is 4.31. The number of hydrogen-bond acceptors (Lipinski definition) is 5. The first-order valence-corrected chi connectivity index (χ1v) is 13.2. The summed E-state index contributed by atoms with van der Waals surface area (Å²) in [5, 5.41) is 7.51.